The maximum Gasteiger partial charge on any atom is 0.361 e. The zero-order valence-electron chi connectivity index (χ0n) is 24.3. The molecule has 0 atom stereocenters. The van der Waals surface area contributed by atoms with Crippen LogP contribution in [0.2, 0.25) is 0 Å². The van der Waals surface area contributed by atoms with Crippen LogP contribution >= 0.6 is 0 Å². The van der Waals surface area contributed by atoms with Gasteiger partial charge in [-0.15, -0.1) is 0 Å². The van der Waals surface area contributed by atoms with E-state index in [2.05, 4.69) is 10.2 Å². The third-order valence-electron chi connectivity index (χ3n) is 2.88. The molecule has 0 aromatic carbocycles. The second kappa shape index (κ2) is 9.46. The first-order valence-corrected chi connectivity index (χ1v) is 7.38. The Balaban J connectivity index is 0.000000375. The molecule has 0 amide bonds. The van der Waals surface area contributed by atoms with E-state index in [9.17, 15) is 19.7 Å². The normalized spacial score (nSPS) is 17.7. The van der Waals surface area contributed by atoms with Crippen LogP contribution in [0, 0.1) is 10.1 Å². The van der Waals surface area contributed by atoms with E-state index in [-0.39, 0.29) is 23.2 Å². The molecule has 2 rings (SSSR count). The number of aromatic nitrogens is 4. The Morgan fingerprint density at radius 2 is 1.81 bits per heavy atom. The van der Waals surface area contributed by atoms with Crippen molar-refractivity contribution in [1.82, 2.24) is 19.6 Å². The molecule has 0 fully saturated rings. The van der Waals surface area contributed by atoms with Gasteiger partial charge in [-0.1, -0.05) is 26.7 Å². The standard InChI is InChI=1S/C8H11N3O4.C8H12N2O2/c1-3-4-5-6(11(14)15)7(8(12)13)10(2)9-5;1-3-4-6-5-7(8(11)12)10(2)9-6/h3-4H2,1-2H3,(H,12,13);5H,3-4H2,1-2H3,(H,11,12)/i2*2D3,4D2. The smallest absolute Gasteiger partial charge is 0.361 e. The maximum atomic E-state index is 11.1. The largest absolute Gasteiger partial charge is 0.477 e. The van der Waals surface area contributed by atoms with Gasteiger partial charge in [0.15, 0.2) is 0 Å². The molecule has 2 aromatic rings. The summed E-state index contributed by atoms with van der Waals surface area (Å²) in [6.07, 6.45) is -4.32. The first-order valence-electron chi connectivity index (χ1n) is 12.4. The summed E-state index contributed by atoms with van der Waals surface area (Å²) >= 11 is 0. The highest BCUT2D eigenvalue weighted by Gasteiger charge is 2.30. The lowest BCUT2D eigenvalue weighted by Gasteiger charge is -1.93. The summed E-state index contributed by atoms with van der Waals surface area (Å²) in [5.74, 6) is -3.31. The molecule has 0 aliphatic rings. The average Bonchev–Trinajstić information content (AvgIpc) is 3.37. The van der Waals surface area contributed by atoms with Crippen molar-refractivity contribution >= 4 is 17.6 Å². The zero-order chi connectivity index (χ0) is 29.3. The molecule has 148 valence electrons. The molecular formula is C16H23N5O6. The fraction of sp³-hybridized carbons (Fsp3) is 0.500. The number of nitrogens with zero attached hydrogens (tertiary/aromatic N) is 5. The predicted molar refractivity (Wildman–Crippen MR) is 95.0 cm³/mol. The van der Waals surface area contributed by atoms with Gasteiger partial charge in [0.25, 0.3) is 0 Å². The molecule has 2 aromatic heterocycles. The molecule has 0 bridgehead atoms. The van der Waals surface area contributed by atoms with Gasteiger partial charge in [0, 0.05) is 27.7 Å². The Morgan fingerprint density at radius 1 is 1.19 bits per heavy atom. The van der Waals surface area contributed by atoms with Gasteiger partial charge < -0.3 is 10.2 Å². The molecule has 0 aliphatic heterocycles. The van der Waals surface area contributed by atoms with Gasteiger partial charge in [0.2, 0.25) is 5.69 Å². The van der Waals surface area contributed by atoms with Crippen LogP contribution in [0.1, 0.15) is 72.8 Å². The number of nitro groups is 1. The van der Waals surface area contributed by atoms with Gasteiger partial charge in [0.05, 0.1) is 10.6 Å². The molecule has 0 saturated carbocycles. The van der Waals surface area contributed by atoms with E-state index in [1.54, 1.807) is 6.92 Å². The average molecular weight is 391 g/mol. The Hall–Kier alpha value is -3.24. The van der Waals surface area contributed by atoms with E-state index in [1.807, 2.05) is 0 Å². The van der Waals surface area contributed by atoms with E-state index in [0.29, 0.717) is 4.68 Å². The number of carboxylic acids is 2. The minimum atomic E-state index is -3.07. The van der Waals surface area contributed by atoms with Gasteiger partial charge in [-0.3, -0.25) is 19.5 Å². The third kappa shape index (κ3) is 5.36. The molecule has 0 radical (unpaired) electrons. The van der Waals surface area contributed by atoms with Crippen molar-refractivity contribution in [3.8, 4) is 0 Å². The number of carboxylic acid groups (broad SMARTS) is 2. The number of carbonyl (C=O) groups is 2. The van der Waals surface area contributed by atoms with Crippen LogP contribution in [0.5, 0.6) is 0 Å². The van der Waals surface area contributed by atoms with Crippen LogP contribution in [0.25, 0.3) is 0 Å². The number of hydrogen-bond donors (Lipinski definition) is 2. The van der Waals surface area contributed by atoms with Crippen molar-refractivity contribution in [3.63, 3.8) is 0 Å². The summed E-state index contributed by atoms with van der Waals surface area (Å²) in [6.45, 7) is -2.87. The first-order chi connectivity index (χ1) is 16.5. The monoisotopic (exact) mass is 391 g/mol. The topological polar surface area (TPSA) is 153 Å². The van der Waals surface area contributed by atoms with Crippen LogP contribution in [-0.4, -0.2) is 46.6 Å². The van der Waals surface area contributed by atoms with Crippen molar-refractivity contribution in [1.29, 1.82) is 0 Å². The summed E-state index contributed by atoms with van der Waals surface area (Å²) in [5.41, 5.74) is -3.84. The number of aryl methyl sites for hydroxylation is 4. The van der Waals surface area contributed by atoms with Gasteiger partial charge in [-0.05, 0) is 18.8 Å². The summed E-state index contributed by atoms with van der Waals surface area (Å²) in [4.78, 5) is 31.8. The molecule has 0 saturated heterocycles. The van der Waals surface area contributed by atoms with Crippen LogP contribution < -0.4 is 0 Å². The Morgan fingerprint density at radius 3 is 2.22 bits per heavy atom. The van der Waals surface area contributed by atoms with Gasteiger partial charge in [-0.25, -0.2) is 9.59 Å². The SMILES string of the molecule is [2H]C([2H])(CC)c1cc(C(=O)O)n(C([2H])([2H])[2H])n1.[2H]C([2H])(CC)c1nn(C([2H])([2H])[2H])c(C(=O)O)c1[N+](=O)[O-]. The van der Waals surface area contributed by atoms with Crippen LogP contribution in [0.4, 0.5) is 5.69 Å². The highest BCUT2D eigenvalue weighted by atomic mass is 16.6. The van der Waals surface area contributed by atoms with Crippen molar-refractivity contribution in [3.05, 3.63) is 39.0 Å². The Kier molecular flexibility index (Phi) is 3.78. The summed E-state index contributed by atoms with van der Waals surface area (Å²) < 4.78 is 73.6. The van der Waals surface area contributed by atoms with Gasteiger partial charge >= 0.3 is 17.6 Å². The molecule has 11 nitrogen and oxygen atoms in total. The quantitative estimate of drug-likeness (QED) is 0.537. The zero-order valence-corrected chi connectivity index (χ0v) is 14.3. The van der Waals surface area contributed by atoms with Crippen LogP contribution in [0.15, 0.2) is 6.07 Å². The summed E-state index contributed by atoms with van der Waals surface area (Å²) in [6, 6.07) is 0.957. The van der Waals surface area contributed by atoms with Crippen molar-refractivity contribution in [2.24, 2.45) is 14.0 Å². The molecule has 11 heteroatoms. The second-order valence-corrected chi connectivity index (χ2v) is 4.71. The highest BCUT2D eigenvalue weighted by Crippen LogP contribution is 2.24. The molecule has 0 spiro atoms. The molecule has 27 heavy (non-hydrogen) atoms. The van der Waals surface area contributed by atoms with Crippen molar-refractivity contribution in [2.75, 3.05) is 0 Å². The van der Waals surface area contributed by atoms with E-state index < -0.39 is 66.3 Å². The van der Waals surface area contributed by atoms with Crippen LogP contribution in [0.3, 0.4) is 0 Å². The first kappa shape index (κ1) is 10.8. The minimum Gasteiger partial charge on any atom is -0.477 e. The summed E-state index contributed by atoms with van der Waals surface area (Å²) in [5, 5.41) is 35.7. The van der Waals surface area contributed by atoms with E-state index in [4.69, 9.17) is 23.9 Å². The number of rotatable bonds is 7. The molecular weight excluding hydrogens is 358 g/mol. The molecule has 2 N–H and O–H groups in total. The molecule has 0 unspecified atom stereocenters. The lowest BCUT2D eigenvalue weighted by atomic mass is 10.2. The van der Waals surface area contributed by atoms with Gasteiger partial charge in [0.1, 0.15) is 11.4 Å². The van der Waals surface area contributed by atoms with E-state index in [0.717, 1.165) is 6.07 Å². The maximum absolute atomic E-state index is 11.1. The molecule has 2 heterocycles. The highest BCUT2D eigenvalue weighted by molar-refractivity contribution is 5.91. The fourth-order valence-corrected chi connectivity index (χ4v) is 1.86. The predicted octanol–water partition coefficient (Wildman–Crippen LogP) is 2.05. The van der Waals surface area contributed by atoms with Gasteiger partial charge in [-0.2, -0.15) is 10.2 Å². The van der Waals surface area contributed by atoms with E-state index >= 15 is 0 Å². The fourth-order valence-electron chi connectivity index (χ4n) is 1.86. The van der Waals surface area contributed by atoms with Crippen molar-refractivity contribution in [2.45, 2.75) is 39.4 Å². The van der Waals surface area contributed by atoms with Crippen LogP contribution in [-0.2, 0) is 26.7 Å². The summed E-state index contributed by atoms with van der Waals surface area (Å²) in [7, 11) is 0. The number of hydrogen-bond acceptors (Lipinski definition) is 6. The lowest BCUT2D eigenvalue weighted by Crippen LogP contribution is -2.07. The second-order valence-electron chi connectivity index (χ2n) is 4.71. The number of aromatic carboxylic acids is 2. The third-order valence-corrected chi connectivity index (χ3v) is 2.88. The van der Waals surface area contributed by atoms with Crippen molar-refractivity contribution < 1.29 is 38.4 Å². The van der Waals surface area contributed by atoms with E-state index in [1.165, 1.54) is 6.92 Å². The Labute approximate surface area is 169 Å². The minimum absolute atomic E-state index is 0.00368. The lowest BCUT2D eigenvalue weighted by molar-refractivity contribution is -0.386. The molecule has 0 aliphatic carbocycles. The Bertz CT molecular complexity index is 1180.